The molecule has 0 saturated carbocycles. The molecule has 0 aromatic heterocycles. The SMILES string of the molecule is COC(=O)COc1c(Cl)cc(/C=C(/C#N)C(=O)Nc2ccc(C)c(Cl)c2)cc1OC. The highest BCUT2D eigenvalue weighted by atomic mass is 35.5. The maximum atomic E-state index is 12.5. The number of halogens is 2. The first kappa shape index (κ1) is 23.1. The van der Waals surface area contributed by atoms with Crippen molar-refractivity contribution in [2.45, 2.75) is 6.92 Å². The first-order valence-electron chi connectivity index (χ1n) is 8.55. The number of hydrogen-bond acceptors (Lipinski definition) is 6. The summed E-state index contributed by atoms with van der Waals surface area (Å²) < 4.78 is 15.1. The molecule has 0 aliphatic heterocycles. The number of carbonyl (C=O) groups is 2. The van der Waals surface area contributed by atoms with Crippen molar-refractivity contribution in [1.29, 1.82) is 5.26 Å². The maximum Gasteiger partial charge on any atom is 0.343 e. The van der Waals surface area contributed by atoms with Gasteiger partial charge in [-0.2, -0.15) is 5.26 Å². The third-order valence-electron chi connectivity index (χ3n) is 3.92. The highest BCUT2D eigenvalue weighted by Gasteiger charge is 2.16. The molecule has 0 bridgehead atoms. The van der Waals surface area contributed by atoms with Gasteiger partial charge in [0.15, 0.2) is 18.1 Å². The molecule has 0 aliphatic rings. The average Bonchev–Trinajstić information content (AvgIpc) is 2.72. The molecule has 0 saturated heterocycles. The summed E-state index contributed by atoms with van der Waals surface area (Å²) in [4.78, 5) is 23.8. The summed E-state index contributed by atoms with van der Waals surface area (Å²) in [5.74, 6) is -0.838. The van der Waals surface area contributed by atoms with Gasteiger partial charge < -0.3 is 19.5 Å². The Morgan fingerprint density at radius 3 is 2.50 bits per heavy atom. The predicted octanol–water partition coefficient (Wildman–Crippen LogP) is 4.41. The fourth-order valence-corrected chi connectivity index (χ4v) is 2.79. The number of methoxy groups -OCH3 is 2. The van der Waals surface area contributed by atoms with E-state index in [2.05, 4.69) is 10.1 Å². The Bertz CT molecular complexity index is 1040. The second-order valence-corrected chi connectivity index (χ2v) is 6.80. The van der Waals surface area contributed by atoms with Crippen molar-refractivity contribution in [3.8, 4) is 17.6 Å². The highest BCUT2D eigenvalue weighted by molar-refractivity contribution is 6.32. The van der Waals surface area contributed by atoms with Gasteiger partial charge in [-0.25, -0.2) is 4.79 Å². The number of nitriles is 1. The molecule has 0 spiro atoms. The molecule has 2 aromatic carbocycles. The van der Waals surface area contributed by atoms with E-state index in [1.807, 2.05) is 13.0 Å². The molecule has 2 aromatic rings. The number of hydrogen-bond donors (Lipinski definition) is 1. The third kappa shape index (κ3) is 5.89. The molecule has 9 heteroatoms. The van der Waals surface area contributed by atoms with E-state index in [0.29, 0.717) is 16.3 Å². The second kappa shape index (κ2) is 10.5. The van der Waals surface area contributed by atoms with Crippen molar-refractivity contribution in [3.63, 3.8) is 0 Å². The maximum absolute atomic E-state index is 12.5. The van der Waals surface area contributed by atoms with Crippen LogP contribution in [0.3, 0.4) is 0 Å². The van der Waals surface area contributed by atoms with Crippen LogP contribution in [0, 0.1) is 18.3 Å². The van der Waals surface area contributed by atoms with Crippen molar-refractivity contribution < 1.29 is 23.8 Å². The molecule has 0 aliphatic carbocycles. The normalized spacial score (nSPS) is 10.7. The van der Waals surface area contributed by atoms with Gasteiger partial charge in [0.25, 0.3) is 5.91 Å². The van der Waals surface area contributed by atoms with Gasteiger partial charge in [0, 0.05) is 10.7 Å². The largest absolute Gasteiger partial charge is 0.493 e. The van der Waals surface area contributed by atoms with Crippen molar-refractivity contribution in [2.75, 3.05) is 26.1 Å². The smallest absolute Gasteiger partial charge is 0.343 e. The lowest BCUT2D eigenvalue weighted by atomic mass is 10.1. The van der Waals surface area contributed by atoms with Gasteiger partial charge in [-0.3, -0.25) is 4.79 Å². The number of nitrogens with zero attached hydrogens (tertiary/aromatic N) is 1. The minimum atomic E-state index is -0.612. The van der Waals surface area contributed by atoms with E-state index in [1.165, 1.54) is 32.4 Å². The fourth-order valence-electron chi connectivity index (χ4n) is 2.34. The lowest BCUT2D eigenvalue weighted by molar-refractivity contribution is -0.142. The van der Waals surface area contributed by atoms with Gasteiger partial charge in [0.1, 0.15) is 11.6 Å². The van der Waals surface area contributed by atoms with Crippen LogP contribution in [-0.2, 0) is 14.3 Å². The van der Waals surface area contributed by atoms with E-state index in [9.17, 15) is 14.9 Å². The molecular weight excluding hydrogens is 431 g/mol. The molecule has 0 unspecified atom stereocenters. The van der Waals surface area contributed by atoms with Crippen molar-refractivity contribution in [3.05, 3.63) is 57.1 Å². The van der Waals surface area contributed by atoms with E-state index in [4.69, 9.17) is 32.7 Å². The molecule has 0 heterocycles. The van der Waals surface area contributed by atoms with Gasteiger partial charge in [-0.1, -0.05) is 29.3 Å². The lowest BCUT2D eigenvalue weighted by Gasteiger charge is -2.13. The first-order valence-corrected chi connectivity index (χ1v) is 9.31. The Morgan fingerprint density at radius 2 is 1.90 bits per heavy atom. The molecule has 2 rings (SSSR count). The highest BCUT2D eigenvalue weighted by Crippen LogP contribution is 2.37. The lowest BCUT2D eigenvalue weighted by Crippen LogP contribution is -2.14. The number of rotatable bonds is 7. The van der Waals surface area contributed by atoms with E-state index in [-0.39, 0.29) is 28.7 Å². The number of anilines is 1. The Morgan fingerprint density at radius 1 is 1.17 bits per heavy atom. The third-order valence-corrected chi connectivity index (χ3v) is 4.61. The quantitative estimate of drug-likeness (QED) is 0.382. The topological polar surface area (TPSA) is 97.7 Å². The molecule has 7 nitrogen and oxygen atoms in total. The van der Waals surface area contributed by atoms with Crippen LogP contribution in [-0.4, -0.2) is 32.7 Å². The van der Waals surface area contributed by atoms with E-state index < -0.39 is 11.9 Å². The fraction of sp³-hybridized carbons (Fsp3) is 0.190. The van der Waals surface area contributed by atoms with Crippen LogP contribution >= 0.6 is 23.2 Å². The van der Waals surface area contributed by atoms with E-state index in [0.717, 1.165) is 5.56 Å². The standard InChI is InChI=1S/C21H18Cl2N2O5/c1-12-4-5-15(9-16(12)22)25-21(27)14(10-24)6-13-7-17(23)20(18(8-13)28-2)30-11-19(26)29-3/h4-9H,11H2,1-3H3,(H,25,27)/b14-6-. The van der Waals surface area contributed by atoms with E-state index >= 15 is 0 Å². The average molecular weight is 449 g/mol. The number of benzene rings is 2. The predicted molar refractivity (Wildman–Crippen MR) is 114 cm³/mol. The van der Waals surface area contributed by atoms with Gasteiger partial charge in [0.2, 0.25) is 0 Å². The van der Waals surface area contributed by atoms with Crippen molar-refractivity contribution in [2.24, 2.45) is 0 Å². The Balaban J connectivity index is 2.28. The van der Waals surface area contributed by atoms with Crippen LogP contribution in [0.1, 0.15) is 11.1 Å². The summed E-state index contributed by atoms with van der Waals surface area (Å²) in [6.45, 7) is 1.48. The van der Waals surface area contributed by atoms with Gasteiger partial charge in [0.05, 0.1) is 19.2 Å². The summed E-state index contributed by atoms with van der Waals surface area (Å²) in [5, 5.41) is 12.7. The zero-order chi connectivity index (χ0) is 22.3. The summed E-state index contributed by atoms with van der Waals surface area (Å²) in [5.41, 5.74) is 1.59. The number of ether oxygens (including phenoxy) is 3. The Kier molecular flexibility index (Phi) is 8.10. The number of aryl methyl sites for hydroxylation is 1. The number of carbonyl (C=O) groups excluding carboxylic acids is 2. The van der Waals surface area contributed by atoms with Crippen LogP contribution < -0.4 is 14.8 Å². The first-order chi connectivity index (χ1) is 14.3. The summed E-state index contributed by atoms with van der Waals surface area (Å²) in [6, 6.07) is 9.88. The number of nitrogens with one attached hydrogen (secondary N) is 1. The van der Waals surface area contributed by atoms with Crippen LogP contribution in [0.2, 0.25) is 10.0 Å². The molecule has 0 atom stereocenters. The Hall–Kier alpha value is -3.21. The minimum Gasteiger partial charge on any atom is -0.493 e. The van der Waals surface area contributed by atoms with Crippen LogP contribution in [0.15, 0.2) is 35.9 Å². The van der Waals surface area contributed by atoms with E-state index in [1.54, 1.807) is 18.2 Å². The monoisotopic (exact) mass is 448 g/mol. The summed E-state index contributed by atoms with van der Waals surface area (Å²) in [7, 11) is 2.63. The summed E-state index contributed by atoms with van der Waals surface area (Å²) >= 11 is 12.3. The van der Waals surface area contributed by atoms with Crippen LogP contribution in [0.5, 0.6) is 11.5 Å². The van der Waals surface area contributed by atoms with Crippen LogP contribution in [0.4, 0.5) is 5.69 Å². The molecule has 30 heavy (non-hydrogen) atoms. The summed E-state index contributed by atoms with van der Waals surface area (Å²) in [6.07, 6.45) is 1.35. The van der Waals surface area contributed by atoms with Gasteiger partial charge >= 0.3 is 5.97 Å². The molecule has 1 N–H and O–H groups in total. The van der Waals surface area contributed by atoms with Gasteiger partial charge in [-0.15, -0.1) is 0 Å². The number of amides is 1. The molecule has 156 valence electrons. The molecule has 1 amide bonds. The number of esters is 1. The van der Waals surface area contributed by atoms with Gasteiger partial charge in [-0.05, 0) is 48.4 Å². The minimum absolute atomic E-state index is 0.132. The second-order valence-electron chi connectivity index (χ2n) is 5.99. The molecule has 0 fully saturated rings. The molecule has 0 radical (unpaired) electrons. The van der Waals surface area contributed by atoms with Crippen molar-refractivity contribution in [1.82, 2.24) is 0 Å². The zero-order valence-electron chi connectivity index (χ0n) is 16.4. The van der Waals surface area contributed by atoms with Crippen LogP contribution in [0.25, 0.3) is 6.08 Å². The molecular formula is C21H18Cl2N2O5. The zero-order valence-corrected chi connectivity index (χ0v) is 17.9. The van der Waals surface area contributed by atoms with Crippen molar-refractivity contribution >= 4 is 46.8 Å². The Labute approximate surface area is 183 Å².